The van der Waals surface area contributed by atoms with Crippen LogP contribution in [0.25, 0.3) is 0 Å². The maximum absolute atomic E-state index is 13.5. The van der Waals surface area contributed by atoms with Crippen LogP contribution in [-0.4, -0.2) is 56.6 Å². The van der Waals surface area contributed by atoms with Crippen LogP contribution in [0.3, 0.4) is 0 Å². The van der Waals surface area contributed by atoms with Gasteiger partial charge in [0.2, 0.25) is 21.8 Å². The largest absolute Gasteiger partial charge is 0.352 e. The summed E-state index contributed by atoms with van der Waals surface area (Å²) in [6.45, 7) is 9.24. The third-order valence-electron chi connectivity index (χ3n) is 5.83. The van der Waals surface area contributed by atoms with Crippen LogP contribution in [0.2, 0.25) is 0 Å². The first-order chi connectivity index (χ1) is 15.9. The zero-order chi connectivity index (χ0) is 25.5. The molecule has 0 saturated heterocycles. The van der Waals surface area contributed by atoms with Crippen molar-refractivity contribution in [1.82, 2.24) is 10.2 Å². The standard InChI is InChI=1S/C26H37N3O4S/c1-7-21(4)27-26(31)22(5)28(14-13-23-11-9-8-10-12-23)25(30)18-29(34(6,32)33)24-16-19(2)15-20(3)17-24/h8-12,15-17,21-22H,7,13-14,18H2,1-6H3,(H,27,31)/t21-,22-/m0/s1. The minimum absolute atomic E-state index is 0.0242. The van der Waals surface area contributed by atoms with Crippen molar-refractivity contribution < 1.29 is 18.0 Å². The summed E-state index contributed by atoms with van der Waals surface area (Å²) < 4.78 is 26.4. The second-order valence-electron chi connectivity index (χ2n) is 8.93. The Labute approximate surface area is 204 Å². The van der Waals surface area contributed by atoms with Crippen LogP contribution in [-0.2, 0) is 26.0 Å². The molecule has 0 aliphatic heterocycles. The van der Waals surface area contributed by atoms with E-state index in [1.54, 1.807) is 19.1 Å². The van der Waals surface area contributed by atoms with E-state index in [1.807, 2.05) is 64.1 Å². The molecular weight excluding hydrogens is 450 g/mol. The van der Waals surface area contributed by atoms with Crippen LogP contribution in [0.4, 0.5) is 5.69 Å². The van der Waals surface area contributed by atoms with E-state index >= 15 is 0 Å². The van der Waals surface area contributed by atoms with E-state index < -0.39 is 22.0 Å². The Morgan fingerprint density at radius 1 is 1.00 bits per heavy atom. The van der Waals surface area contributed by atoms with E-state index in [4.69, 9.17) is 0 Å². The van der Waals surface area contributed by atoms with Crippen LogP contribution in [0.5, 0.6) is 0 Å². The highest BCUT2D eigenvalue weighted by Gasteiger charge is 2.30. The normalized spacial score (nSPS) is 13.1. The number of hydrogen-bond donors (Lipinski definition) is 1. The van der Waals surface area contributed by atoms with E-state index in [-0.39, 0.29) is 18.5 Å². The molecule has 0 radical (unpaired) electrons. The zero-order valence-electron chi connectivity index (χ0n) is 21.0. The van der Waals surface area contributed by atoms with E-state index in [0.29, 0.717) is 18.7 Å². The molecule has 1 N–H and O–H groups in total. The van der Waals surface area contributed by atoms with E-state index in [1.165, 1.54) is 4.90 Å². The molecule has 0 heterocycles. The SMILES string of the molecule is CC[C@H](C)NC(=O)[C@H](C)N(CCc1ccccc1)C(=O)CN(c1cc(C)cc(C)c1)S(C)(=O)=O. The molecule has 2 amide bonds. The van der Waals surface area contributed by atoms with Crippen molar-refractivity contribution in [2.75, 3.05) is 23.7 Å². The number of carbonyl (C=O) groups is 2. The van der Waals surface area contributed by atoms with Crippen LogP contribution in [0, 0.1) is 13.8 Å². The van der Waals surface area contributed by atoms with Crippen molar-refractivity contribution >= 4 is 27.5 Å². The molecule has 2 rings (SSSR count). The van der Waals surface area contributed by atoms with Crippen molar-refractivity contribution in [3.05, 3.63) is 65.2 Å². The van der Waals surface area contributed by atoms with E-state index in [9.17, 15) is 18.0 Å². The number of rotatable bonds is 11. The zero-order valence-corrected chi connectivity index (χ0v) is 21.9. The molecule has 8 heteroatoms. The first-order valence-corrected chi connectivity index (χ1v) is 13.5. The third kappa shape index (κ3) is 7.87. The average molecular weight is 488 g/mol. The summed E-state index contributed by atoms with van der Waals surface area (Å²) in [7, 11) is -3.73. The second kappa shape index (κ2) is 12.0. The molecule has 34 heavy (non-hydrogen) atoms. The molecule has 0 bridgehead atoms. The fourth-order valence-corrected chi connectivity index (χ4v) is 4.58. The van der Waals surface area contributed by atoms with Crippen LogP contribution < -0.4 is 9.62 Å². The minimum atomic E-state index is -3.73. The highest BCUT2D eigenvalue weighted by Crippen LogP contribution is 2.22. The Balaban J connectivity index is 2.34. The maximum Gasteiger partial charge on any atom is 0.244 e. The summed E-state index contributed by atoms with van der Waals surface area (Å²) in [4.78, 5) is 27.9. The van der Waals surface area contributed by atoms with Gasteiger partial charge in [-0.15, -0.1) is 0 Å². The Morgan fingerprint density at radius 2 is 1.59 bits per heavy atom. The summed E-state index contributed by atoms with van der Waals surface area (Å²) in [5.74, 6) is -0.680. The number of amides is 2. The number of hydrogen-bond acceptors (Lipinski definition) is 4. The molecule has 0 aromatic heterocycles. The van der Waals surface area contributed by atoms with Crippen LogP contribution >= 0.6 is 0 Å². The quantitative estimate of drug-likeness (QED) is 0.526. The van der Waals surface area contributed by atoms with Crippen molar-refractivity contribution in [2.24, 2.45) is 0 Å². The van der Waals surface area contributed by atoms with Gasteiger partial charge in [-0.3, -0.25) is 13.9 Å². The predicted octanol–water partition coefficient (Wildman–Crippen LogP) is 3.44. The maximum atomic E-state index is 13.5. The molecule has 2 aromatic rings. The smallest absolute Gasteiger partial charge is 0.244 e. The molecule has 0 saturated carbocycles. The third-order valence-corrected chi connectivity index (χ3v) is 6.97. The van der Waals surface area contributed by atoms with Gasteiger partial charge in [0.25, 0.3) is 0 Å². The Hall–Kier alpha value is -2.87. The lowest BCUT2D eigenvalue weighted by Gasteiger charge is -2.32. The molecule has 0 fully saturated rings. The summed E-state index contributed by atoms with van der Waals surface area (Å²) in [6, 6.07) is 14.4. The monoisotopic (exact) mass is 487 g/mol. The number of aryl methyl sites for hydroxylation is 2. The number of anilines is 1. The molecule has 0 aliphatic rings. The van der Waals surface area contributed by atoms with Gasteiger partial charge in [0.1, 0.15) is 12.6 Å². The van der Waals surface area contributed by atoms with Gasteiger partial charge in [-0.05, 0) is 69.4 Å². The van der Waals surface area contributed by atoms with Crippen LogP contribution in [0.15, 0.2) is 48.5 Å². The fourth-order valence-electron chi connectivity index (χ4n) is 3.74. The van der Waals surface area contributed by atoms with Crippen molar-refractivity contribution in [2.45, 2.75) is 59.5 Å². The molecule has 0 aliphatic carbocycles. The average Bonchev–Trinajstić information content (AvgIpc) is 2.76. The Morgan fingerprint density at radius 3 is 2.12 bits per heavy atom. The van der Waals surface area contributed by atoms with E-state index in [0.717, 1.165) is 33.7 Å². The molecule has 7 nitrogen and oxygen atoms in total. The van der Waals surface area contributed by atoms with Crippen molar-refractivity contribution in [3.63, 3.8) is 0 Å². The Kier molecular flexibility index (Phi) is 9.67. The van der Waals surface area contributed by atoms with E-state index in [2.05, 4.69) is 5.32 Å². The van der Waals surface area contributed by atoms with Gasteiger partial charge >= 0.3 is 0 Å². The molecule has 186 valence electrons. The lowest BCUT2D eigenvalue weighted by atomic mass is 10.1. The molecule has 2 aromatic carbocycles. The van der Waals surface area contributed by atoms with Gasteiger partial charge in [-0.2, -0.15) is 0 Å². The lowest BCUT2D eigenvalue weighted by Crippen LogP contribution is -2.53. The van der Waals surface area contributed by atoms with Gasteiger partial charge in [0, 0.05) is 12.6 Å². The second-order valence-corrected chi connectivity index (χ2v) is 10.8. The summed E-state index contributed by atoms with van der Waals surface area (Å²) in [5.41, 5.74) is 3.27. The highest BCUT2D eigenvalue weighted by atomic mass is 32.2. The van der Waals surface area contributed by atoms with Gasteiger partial charge in [0.05, 0.1) is 11.9 Å². The van der Waals surface area contributed by atoms with Crippen molar-refractivity contribution in [3.8, 4) is 0 Å². The fraction of sp³-hybridized carbons (Fsp3) is 0.462. The number of nitrogens with one attached hydrogen (secondary N) is 1. The molecular formula is C26H37N3O4S. The first-order valence-electron chi connectivity index (χ1n) is 11.6. The van der Waals surface area contributed by atoms with Gasteiger partial charge in [0.15, 0.2) is 0 Å². The number of nitrogens with zero attached hydrogens (tertiary/aromatic N) is 2. The van der Waals surface area contributed by atoms with Gasteiger partial charge < -0.3 is 10.2 Å². The summed E-state index contributed by atoms with van der Waals surface area (Å²) >= 11 is 0. The van der Waals surface area contributed by atoms with Gasteiger partial charge in [-0.1, -0.05) is 43.3 Å². The number of sulfonamides is 1. The highest BCUT2D eigenvalue weighted by molar-refractivity contribution is 7.92. The topological polar surface area (TPSA) is 86.8 Å². The molecule has 0 spiro atoms. The predicted molar refractivity (Wildman–Crippen MR) is 137 cm³/mol. The lowest BCUT2D eigenvalue weighted by molar-refractivity contribution is -0.139. The molecule has 2 atom stereocenters. The first kappa shape index (κ1) is 27.4. The number of benzene rings is 2. The Bertz CT molecular complexity index is 1070. The molecule has 0 unspecified atom stereocenters. The van der Waals surface area contributed by atoms with Crippen LogP contribution in [0.1, 0.15) is 43.9 Å². The van der Waals surface area contributed by atoms with Gasteiger partial charge in [-0.25, -0.2) is 8.42 Å². The summed E-state index contributed by atoms with van der Waals surface area (Å²) in [6.07, 6.45) is 2.41. The summed E-state index contributed by atoms with van der Waals surface area (Å²) in [5, 5.41) is 2.93. The van der Waals surface area contributed by atoms with Crippen molar-refractivity contribution in [1.29, 1.82) is 0 Å². The number of carbonyl (C=O) groups excluding carboxylic acids is 2. The minimum Gasteiger partial charge on any atom is -0.352 e.